The van der Waals surface area contributed by atoms with Gasteiger partial charge >= 0.3 is 5.97 Å². The molecule has 0 aromatic heterocycles. The zero-order valence-electron chi connectivity index (χ0n) is 15.1. The number of amides is 1. The van der Waals surface area contributed by atoms with Gasteiger partial charge in [-0.3, -0.25) is 9.59 Å². The average Bonchev–Trinajstić information content (AvgIpc) is 2.63. The molecule has 1 amide bonds. The van der Waals surface area contributed by atoms with Crippen molar-refractivity contribution in [2.45, 2.75) is 26.7 Å². The Hall–Kier alpha value is -3.02. The van der Waals surface area contributed by atoms with Crippen LogP contribution in [0.1, 0.15) is 42.6 Å². The summed E-state index contributed by atoms with van der Waals surface area (Å²) in [7, 11) is 0. The van der Waals surface area contributed by atoms with Crippen molar-refractivity contribution >= 4 is 17.6 Å². The molecule has 0 radical (unpaired) electrons. The van der Waals surface area contributed by atoms with Crippen LogP contribution in [-0.4, -0.2) is 30.2 Å². The highest BCUT2D eigenvalue weighted by Gasteiger charge is 2.14. The molecule has 0 saturated carbocycles. The Morgan fingerprint density at radius 2 is 1.62 bits per heavy atom. The number of benzene rings is 2. The topological polar surface area (TPSA) is 84.9 Å². The van der Waals surface area contributed by atoms with Crippen molar-refractivity contribution in [1.82, 2.24) is 0 Å². The van der Waals surface area contributed by atoms with E-state index in [1.54, 1.807) is 49.4 Å². The van der Waals surface area contributed by atoms with E-state index >= 15 is 0 Å². The second-order valence-electron chi connectivity index (χ2n) is 5.66. The van der Waals surface area contributed by atoms with Crippen molar-refractivity contribution in [2.24, 2.45) is 0 Å². The first kappa shape index (κ1) is 19.3. The molecule has 0 aliphatic carbocycles. The molecule has 0 bridgehead atoms. The second kappa shape index (κ2) is 8.89. The highest BCUT2D eigenvalue weighted by atomic mass is 16.5. The lowest BCUT2D eigenvalue weighted by molar-refractivity contribution is -0.138. The Morgan fingerprint density at radius 1 is 1.00 bits per heavy atom. The summed E-state index contributed by atoms with van der Waals surface area (Å²) < 4.78 is 11.0. The van der Waals surface area contributed by atoms with E-state index in [0.29, 0.717) is 41.5 Å². The number of rotatable bonds is 8. The van der Waals surface area contributed by atoms with Crippen LogP contribution in [0.15, 0.2) is 42.5 Å². The lowest BCUT2D eigenvalue weighted by Crippen LogP contribution is -2.13. The molecule has 2 aromatic carbocycles. The van der Waals surface area contributed by atoms with Crippen LogP contribution in [0.2, 0.25) is 0 Å². The molecule has 0 fully saturated rings. The lowest BCUT2D eigenvalue weighted by atomic mass is 10.0. The molecule has 2 aromatic rings. The van der Waals surface area contributed by atoms with Gasteiger partial charge < -0.3 is 19.9 Å². The molecule has 0 aliphatic heterocycles. The molecule has 0 aliphatic rings. The third kappa shape index (κ3) is 4.75. The fourth-order valence-corrected chi connectivity index (χ4v) is 2.39. The fourth-order valence-electron chi connectivity index (χ4n) is 2.39. The van der Waals surface area contributed by atoms with E-state index in [-0.39, 0.29) is 5.91 Å². The lowest BCUT2D eigenvalue weighted by Gasteiger charge is -2.13. The van der Waals surface area contributed by atoms with E-state index in [2.05, 4.69) is 5.32 Å². The summed E-state index contributed by atoms with van der Waals surface area (Å²) in [5.41, 5.74) is 1.71. The number of carbonyl (C=O) groups is 2. The van der Waals surface area contributed by atoms with E-state index in [1.807, 2.05) is 13.8 Å². The summed E-state index contributed by atoms with van der Waals surface area (Å²) >= 11 is 0. The van der Waals surface area contributed by atoms with Crippen molar-refractivity contribution in [3.05, 3.63) is 53.6 Å². The van der Waals surface area contributed by atoms with Crippen LogP contribution in [-0.2, 0) is 4.79 Å². The van der Waals surface area contributed by atoms with Crippen LogP contribution in [0.25, 0.3) is 0 Å². The summed E-state index contributed by atoms with van der Waals surface area (Å²) in [5.74, 6) is -0.655. The van der Waals surface area contributed by atoms with Gasteiger partial charge in [-0.25, -0.2) is 0 Å². The number of hydrogen-bond donors (Lipinski definition) is 2. The molecule has 1 unspecified atom stereocenters. The first-order chi connectivity index (χ1) is 12.5. The minimum atomic E-state index is -0.889. The quantitative estimate of drug-likeness (QED) is 0.748. The number of ether oxygens (including phenoxy) is 2. The SMILES string of the molecule is CCOc1ccc(C(=O)Nc2ccc(C(C)C(=O)O)cc2)cc1OCC. The number of aliphatic carboxylic acids is 1. The number of carbonyl (C=O) groups excluding carboxylic acids is 1. The number of anilines is 1. The molecule has 6 heteroatoms. The van der Waals surface area contributed by atoms with Crippen LogP contribution in [0.5, 0.6) is 11.5 Å². The Bertz CT molecular complexity index is 770. The van der Waals surface area contributed by atoms with Gasteiger partial charge in [0, 0.05) is 11.3 Å². The number of carboxylic acids is 1. The van der Waals surface area contributed by atoms with Crippen molar-refractivity contribution < 1.29 is 24.2 Å². The normalized spacial score (nSPS) is 11.5. The van der Waals surface area contributed by atoms with Gasteiger partial charge in [0.05, 0.1) is 19.1 Å². The van der Waals surface area contributed by atoms with E-state index in [1.165, 1.54) is 0 Å². The zero-order valence-corrected chi connectivity index (χ0v) is 15.1. The molecule has 2 N–H and O–H groups in total. The van der Waals surface area contributed by atoms with Gasteiger partial charge in [-0.05, 0) is 56.7 Å². The van der Waals surface area contributed by atoms with Gasteiger partial charge in [0.15, 0.2) is 11.5 Å². The fraction of sp³-hybridized carbons (Fsp3) is 0.300. The third-order valence-corrected chi connectivity index (χ3v) is 3.84. The van der Waals surface area contributed by atoms with Gasteiger partial charge in [0.25, 0.3) is 5.91 Å². The second-order valence-corrected chi connectivity index (χ2v) is 5.66. The molecule has 6 nitrogen and oxygen atoms in total. The number of hydrogen-bond acceptors (Lipinski definition) is 4. The van der Waals surface area contributed by atoms with Crippen LogP contribution in [0.3, 0.4) is 0 Å². The molecule has 26 heavy (non-hydrogen) atoms. The largest absolute Gasteiger partial charge is 0.490 e. The smallest absolute Gasteiger partial charge is 0.310 e. The predicted octanol–water partition coefficient (Wildman–Crippen LogP) is 3.92. The zero-order chi connectivity index (χ0) is 19.1. The van der Waals surface area contributed by atoms with Gasteiger partial charge in [0.2, 0.25) is 0 Å². The Morgan fingerprint density at radius 3 is 2.19 bits per heavy atom. The van der Waals surface area contributed by atoms with Crippen molar-refractivity contribution in [3.8, 4) is 11.5 Å². The van der Waals surface area contributed by atoms with Crippen LogP contribution >= 0.6 is 0 Å². The summed E-state index contributed by atoms with van der Waals surface area (Å²) in [6.45, 7) is 6.33. The Balaban J connectivity index is 2.14. The molecule has 138 valence electrons. The minimum Gasteiger partial charge on any atom is -0.490 e. The molecule has 0 spiro atoms. The minimum absolute atomic E-state index is 0.284. The maximum absolute atomic E-state index is 12.5. The Kier molecular flexibility index (Phi) is 6.60. The van der Waals surface area contributed by atoms with E-state index in [0.717, 1.165) is 0 Å². The van der Waals surface area contributed by atoms with E-state index < -0.39 is 11.9 Å². The van der Waals surface area contributed by atoms with Crippen molar-refractivity contribution in [1.29, 1.82) is 0 Å². The van der Waals surface area contributed by atoms with E-state index in [9.17, 15) is 9.59 Å². The maximum atomic E-state index is 12.5. The first-order valence-electron chi connectivity index (χ1n) is 8.50. The van der Waals surface area contributed by atoms with Gasteiger partial charge in [-0.2, -0.15) is 0 Å². The molecule has 0 heterocycles. The summed E-state index contributed by atoms with van der Waals surface area (Å²) in [4.78, 5) is 23.5. The predicted molar refractivity (Wildman–Crippen MR) is 99.2 cm³/mol. The van der Waals surface area contributed by atoms with E-state index in [4.69, 9.17) is 14.6 Å². The summed E-state index contributed by atoms with van der Waals surface area (Å²) in [6.07, 6.45) is 0. The molecule has 0 saturated heterocycles. The van der Waals surface area contributed by atoms with Gasteiger partial charge in [-0.15, -0.1) is 0 Å². The van der Waals surface area contributed by atoms with Crippen LogP contribution < -0.4 is 14.8 Å². The molecular formula is C20H23NO5. The summed E-state index contributed by atoms with van der Waals surface area (Å²) in [6, 6.07) is 11.8. The summed E-state index contributed by atoms with van der Waals surface area (Å²) in [5, 5.41) is 11.8. The van der Waals surface area contributed by atoms with Crippen LogP contribution in [0.4, 0.5) is 5.69 Å². The van der Waals surface area contributed by atoms with Crippen LogP contribution in [0, 0.1) is 0 Å². The number of nitrogens with one attached hydrogen (secondary N) is 1. The maximum Gasteiger partial charge on any atom is 0.310 e. The van der Waals surface area contributed by atoms with Crippen molar-refractivity contribution in [2.75, 3.05) is 18.5 Å². The van der Waals surface area contributed by atoms with Gasteiger partial charge in [0.1, 0.15) is 0 Å². The number of carboxylic acid groups (broad SMARTS) is 1. The third-order valence-electron chi connectivity index (χ3n) is 3.84. The highest BCUT2D eigenvalue weighted by Crippen LogP contribution is 2.29. The molecule has 1 atom stereocenters. The van der Waals surface area contributed by atoms with Gasteiger partial charge in [-0.1, -0.05) is 12.1 Å². The molecular weight excluding hydrogens is 334 g/mol. The average molecular weight is 357 g/mol. The first-order valence-corrected chi connectivity index (χ1v) is 8.50. The highest BCUT2D eigenvalue weighted by molar-refractivity contribution is 6.04. The Labute approximate surface area is 152 Å². The molecule has 2 rings (SSSR count). The monoisotopic (exact) mass is 357 g/mol. The standard InChI is InChI=1S/C20H23NO5/c1-4-25-17-11-8-15(12-18(17)26-5-2)19(22)21-16-9-6-14(7-10-16)13(3)20(23)24/h6-13H,4-5H2,1-3H3,(H,21,22)(H,23,24). The van der Waals surface area contributed by atoms with Crippen molar-refractivity contribution in [3.63, 3.8) is 0 Å².